The summed E-state index contributed by atoms with van der Waals surface area (Å²) in [6.07, 6.45) is 0. The molecular weight excluding hydrogens is 250 g/mol. The Kier molecular flexibility index (Phi) is 51.3. The van der Waals surface area contributed by atoms with Crippen molar-refractivity contribution in [2.75, 3.05) is 0 Å². The Labute approximate surface area is 116 Å². The minimum absolute atomic E-state index is 0. The van der Waals surface area contributed by atoms with Crippen molar-refractivity contribution in [3.05, 3.63) is 0 Å². The fraction of sp³-hybridized carbons (Fsp3) is 0. The molecular formula is HBO4Sr2. The third-order valence-electron chi connectivity index (χ3n) is 0. The van der Waals surface area contributed by atoms with E-state index in [0.717, 1.165) is 0 Å². The maximum atomic E-state index is 8.42. The number of rotatable bonds is 0. The predicted molar refractivity (Wildman–Crippen MR) is 19.2 cm³/mol. The van der Waals surface area contributed by atoms with Gasteiger partial charge in [0.25, 0.3) is 0 Å². The van der Waals surface area contributed by atoms with Crippen LogP contribution in [0.5, 0.6) is 0 Å². The van der Waals surface area contributed by atoms with E-state index in [1.165, 1.54) is 0 Å². The van der Waals surface area contributed by atoms with E-state index in [2.05, 4.69) is 0 Å². The summed E-state index contributed by atoms with van der Waals surface area (Å²) < 4.78 is 0. The summed E-state index contributed by atoms with van der Waals surface area (Å²) in [6, 6.07) is 0. The van der Waals surface area contributed by atoms with E-state index in [1.54, 1.807) is 0 Å². The minimum Gasteiger partial charge on any atom is -0.907 e. The molecule has 0 amide bonds. The second kappa shape index (κ2) is 15.9. The van der Waals surface area contributed by atoms with E-state index in [-0.39, 0.29) is 96.4 Å². The van der Waals surface area contributed by atoms with Crippen LogP contribution in [0.25, 0.3) is 0 Å². The maximum Gasteiger partial charge on any atom is 2.00 e. The zero-order valence-electron chi connectivity index (χ0n) is 3.66. The molecule has 0 aromatic carbocycles. The molecule has 0 unspecified atom stereocenters. The fourth-order valence-electron chi connectivity index (χ4n) is 0. The average molecular weight is 251 g/mol. The van der Waals surface area contributed by atoms with Crippen LogP contribution in [0.15, 0.2) is 0 Å². The van der Waals surface area contributed by atoms with Gasteiger partial charge < -0.3 is 20.5 Å². The van der Waals surface area contributed by atoms with Gasteiger partial charge in [0.05, 0.1) is 0 Å². The molecule has 0 aliphatic heterocycles. The normalized spacial score (nSPS) is 3.86. The van der Waals surface area contributed by atoms with E-state index in [0.29, 0.717) is 0 Å². The van der Waals surface area contributed by atoms with Crippen LogP contribution in [-0.2, 0) is 0 Å². The summed E-state index contributed by atoms with van der Waals surface area (Å²) in [5.41, 5.74) is 0. The van der Waals surface area contributed by atoms with Crippen molar-refractivity contribution in [3.8, 4) is 0 Å². The largest absolute Gasteiger partial charge is 2.00 e. The molecule has 0 aliphatic carbocycles. The van der Waals surface area contributed by atoms with Crippen molar-refractivity contribution >= 4 is 98.3 Å². The number of hydrogen-bond donors (Lipinski definition) is 0. The first-order valence-corrected chi connectivity index (χ1v) is 0.707. The third-order valence-corrected chi connectivity index (χ3v) is 0. The second-order valence-corrected chi connectivity index (χ2v) is 0.289. The molecule has 0 atom stereocenters. The summed E-state index contributed by atoms with van der Waals surface area (Å²) in [4.78, 5) is 0. The van der Waals surface area contributed by atoms with Crippen LogP contribution in [-0.4, -0.2) is 104 Å². The molecule has 0 spiro atoms. The van der Waals surface area contributed by atoms with Gasteiger partial charge >= 0.3 is 91.0 Å². The summed E-state index contributed by atoms with van der Waals surface area (Å²) in [7, 11) is -2.92. The molecule has 1 N–H and O–H groups in total. The molecule has 0 heterocycles. The van der Waals surface area contributed by atoms with Gasteiger partial charge in [-0.3, -0.25) is 7.32 Å². The zero-order chi connectivity index (χ0) is 3.58. The van der Waals surface area contributed by atoms with Gasteiger partial charge in [0.15, 0.2) is 0 Å². The predicted octanol–water partition coefficient (Wildman–Crippen LogP) is -4.89. The van der Waals surface area contributed by atoms with Crippen LogP contribution in [0.3, 0.4) is 0 Å². The van der Waals surface area contributed by atoms with Crippen molar-refractivity contribution in [3.63, 3.8) is 0 Å². The molecule has 7 heteroatoms. The van der Waals surface area contributed by atoms with Crippen molar-refractivity contribution in [2.45, 2.75) is 0 Å². The van der Waals surface area contributed by atoms with Gasteiger partial charge in [0.2, 0.25) is 0 Å². The van der Waals surface area contributed by atoms with Crippen molar-refractivity contribution in [2.24, 2.45) is 0 Å². The van der Waals surface area contributed by atoms with Crippen LogP contribution < -0.4 is 15.1 Å². The SMILES string of the molecule is [O-]B([O-])[O-].[OH-].[Sr+2].[Sr+2]. The quantitative estimate of drug-likeness (QED) is 0.403. The molecule has 4 nitrogen and oxygen atoms in total. The van der Waals surface area contributed by atoms with Crippen molar-refractivity contribution in [1.29, 1.82) is 0 Å². The Morgan fingerprint density at radius 3 is 0.857 bits per heavy atom. The Morgan fingerprint density at radius 1 is 0.857 bits per heavy atom. The van der Waals surface area contributed by atoms with Crippen LogP contribution in [0.1, 0.15) is 0 Å². The van der Waals surface area contributed by atoms with Gasteiger partial charge in [0.1, 0.15) is 0 Å². The van der Waals surface area contributed by atoms with Gasteiger partial charge in [-0.05, 0) is 0 Å². The van der Waals surface area contributed by atoms with Crippen molar-refractivity contribution < 1.29 is 20.5 Å². The summed E-state index contributed by atoms with van der Waals surface area (Å²) in [6.45, 7) is 0. The first-order chi connectivity index (χ1) is 1.73. The van der Waals surface area contributed by atoms with Gasteiger partial charge in [-0.2, -0.15) is 0 Å². The molecule has 0 fully saturated rings. The van der Waals surface area contributed by atoms with E-state index < -0.39 is 7.32 Å². The molecule has 32 valence electrons. The molecule has 0 bridgehead atoms. The van der Waals surface area contributed by atoms with Crippen molar-refractivity contribution in [1.82, 2.24) is 0 Å². The molecule has 0 saturated carbocycles. The van der Waals surface area contributed by atoms with Crippen LogP contribution in [0, 0.1) is 0 Å². The molecule has 0 aromatic heterocycles. The molecule has 0 aromatic rings. The fourth-order valence-corrected chi connectivity index (χ4v) is 0. The topological polar surface area (TPSA) is 99.2 Å². The van der Waals surface area contributed by atoms with Gasteiger partial charge in [0, 0.05) is 0 Å². The third kappa shape index (κ3) is 50.9. The summed E-state index contributed by atoms with van der Waals surface area (Å²) in [5, 5.41) is 25.2. The molecule has 0 saturated heterocycles. The van der Waals surface area contributed by atoms with Gasteiger partial charge in [-0.1, -0.05) is 0 Å². The van der Waals surface area contributed by atoms with E-state index in [4.69, 9.17) is 15.1 Å². The van der Waals surface area contributed by atoms with Crippen LogP contribution in [0.2, 0.25) is 0 Å². The van der Waals surface area contributed by atoms with E-state index in [9.17, 15) is 0 Å². The first-order valence-electron chi connectivity index (χ1n) is 0.707. The first kappa shape index (κ1) is 22.5. The molecule has 7 heavy (non-hydrogen) atoms. The Morgan fingerprint density at radius 2 is 0.857 bits per heavy atom. The van der Waals surface area contributed by atoms with Crippen LogP contribution >= 0.6 is 0 Å². The molecule has 0 radical (unpaired) electrons. The number of hydrogen-bond acceptors (Lipinski definition) is 4. The van der Waals surface area contributed by atoms with Gasteiger partial charge in [-0.15, -0.1) is 0 Å². The van der Waals surface area contributed by atoms with Gasteiger partial charge in [-0.25, -0.2) is 0 Å². The Bertz CT molecular complexity index is 14.4. The summed E-state index contributed by atoms with van der Waals surface area (Å²) in [5.74, 6) is 0. The standard InChI is InChI=1S/BO3.H2O.2Sr/c2-1(3)4;;;/h;1H2;;/q-3;;2*+2/p-1. The minimum atomic E-state index is -2.92. The maximum absolute atomic E-state index is 8.42. The molecule has 0 aliphatic rings. The molecule has 0 rings (SSSR count). The van der Waals surface area contributed by atoms with E-state index in [1.807, 2.05) is 0 Å². The Hall–Kier alpha value is 2.87. The van der Waals surface area contributed by atoms with Crippen LogP contribution in [0.4, 0.5) is 0 Å². The smallest absolute Gasteiger partial charge is 0.907 e. The Balaban J connectivity index is -0.0000000150. The summed E-state index contributed by atoms with van der Waals surface area (Å²) >= 11 is 0. The average Bonchev–Trinajstić information content (AvgIpc) is 0.811. The second-order valence-electron chi connectivity index (χ2n) is 0.289. The van der Waals surface area contributed by atoms with E-state index >= 15 is 0 Å². The zero-order valence-corrected chi connectivity index (χ0v) is 10.6. The monoisotopic (exact) mass is 252 g/mol.